The van der Waals surface area contributed by atoms with Gasteiger partial charge in [-0.15, -0.1) is 13.2 Å². The predicted octanol–water partition coefficient (Wildman–Crippen LogP) is 9.38. The lowest BCUT2D eigenvalue weighted by molar-refractivity contribution is -0.310. The van der Waals surface area contributed by atoms with Crippen LogP contribution in [0.25, 0.3) is 0 Å². The number of halogens is 5. The fraction of sp³-hybridized carbons (Fsp3) is 0.733. The summed E-state index contributed by atoms with van der Waals surface area (Å²) in [5, 5.41) is 0. The number of hydrogen-bond donors (Lipinski definition) is 0. The summed E-state index contributed by atoms with van der Waals surface area (Å²) in [7, 11) is 0. The van der Waals surface area contributed by atoms with Gasteiger partial charge < -0.3 is 14.2 Å². The van der Waals surface area contributed by atoms with Gasteiger partial charge in [0, 0.05) is 0 Å². The summed E-state index contributed by atoms with van der Waals surface area (Å²) in [6, 6.07) is 5.47. The maximum atomic E-state index is 15.0. The van der Waals surface area contributed by atoms with Gasteiger partial charge in [-0.3, -0.25) is 0 Å². The minimum Gasteiger partial charge on any atom is -0.406 e. The molecule has 0 bridgehead atoms. The van der Waals surface area contributed by atoms with Crippen LogP contribution >= 0.6 is 0 Å². The predicted molar refractivity (Wildman–Crippen MR) is 136 cm³/mol. The summed E-state index contributed by atoms with van der Waals surface area (Å²) in [6.45, 7) is 2.28. The highest BCUT2D eigenvalue weighted by molar-refractivity contribution is 5.29. The van der Waals surface area contributed by atoms with Crippen molar-refractivity contribution in [3.8, 4) is 5.75 Å². The molecule has 2 atom stereocenters. The van der Waals surface area contributed by atoms with Gasteiger partial charge in [-0.1, -0.05) is 44.1 Å². The third kappa shape index (κ3) is 8.67. The highest BCUT2D eigenvalue weighted by Crippen LogP contribution is 2.42. The molecular weight excluding hydrogens is 503 g/mol. The fourth-order valence-electron chi connectivity index (χ4n) is 6.33. The Labute approximate surface area is 223 Å². The van der Waals surface area contributed by atoms with Gasteiger partial charge in [-0.25, -0.2) is 0 Å². The molecule has 3 nitrogen and oxygen atoms in total. The zero-order valence-corrected chi connectivity index (χ0v) is 22.2. The molecule has 0 aromatic heterocycles. The number of benzene rings is 1. The lowest BCUT2D eigenvalue weighted by atomic mass is 9.78. The summed E-state index contributed by atoms with van der Waals surface area (Å²) in [6.07, 6.45) is 6.67. The van der Waals surface area contributed by atoms with E-state index >= 15 is 0 Å². The summed E-state index contributed by atoms with van der Waals surface area (Å²) in [5.41, 5.74) is 0.685. The SMILES string of the molecule is CCCC1CCC(/C=C/C2CCC(C(F)(F)OC3CCC(c4ccc(OC(F)(F)F)cc4)OC3)CC2)CC1. The third-order valence-corrected chi connectivity index (χ3v) is 8.53. The van der Waals surface area contributed by atoms with E-state index in [1.54, 1.807) is 0 Å². The maximum Gasteiger partial charge on any atom is 0.573 e. The minimum atomic E-state index is -4.75. The van der Waals surface area contributed by atoms with Crippen LogP contribution in [0.15, 0.2) is 36.4 Å². The van der Waals surface area contributed by atoms with Gasteiger partial charge in [0.05, 0.1) is 24.7 Å². The molecular formula is C30H41F5O3. The van der Waals surface area contributed by atoms with Crippen molar-refractivity contribution in [1.29, 1.82) is 0 Å². The molecule has 0 radical (unpaired) electrons. The first-order valence-corrected chi connectivity index (χ1v) is 14.3. The Hall–Kier alpha value is -1.67. The first-order chi connectivity index (χ1) is 18.1. The Kier molecular flexibility index (Phi) is 10.1. The first kappa shape index (κ1) is 29.3. The standard InChI is InChI=1S/C30H41F5O3/c1-2-3-21-4-6-22(7-5-21)8-9-23-10-14-25(15-11-23)29(31,32)37-27-18-19-28(36-20-27)24-12-16-26(17-13-24)38-30(33,34)35/h8-9,12-13,16-17,21-23,25,27-28H,2-7,10-11,14-15,18-20H2,1H3/b9-8+. The molecule has 8 heteroatoms. The van der Waals surface area contributed by atoms with E-state index < -0.39 is 24.5 Å². The molecule has 1 saturated heterocycles. The number of ether oxygens (including phenoxy) is 3. The quantitative estimate of drug-likeness (QED) is 0.229. The van der Waals surface area contributed by atoms with Crippen molar-refractivity contribution in [2.45, 2.75) is 109 Å². The van der Waals surface area contributed by atoms with E-state index in [1.807, 2.05) is 0 Å². The van der Waals surface area contributed by atoms with Gasteiger partial charge in [-0.05, 0) is 99.7 Å². The molecule has 1 aromatic rings. The number of alkyl halides is 5. The second kappa shape index (κ2) is 13.1. The Morgan fingerprint density at radius 3 is 1.95 bits per heavy atom. The van der Waals surface area contributed by atoms with Crippen LogP contribution in [-0.4, -0.2) is 25.2 Å². The molecule has 2 unspecified atom stereocenters. The maximum absolute atomic E-state index is 15.0. The van der Waals surface area contributed by atoms with Crippen molar-refractivity contribution < 1.29 is 36.2 Å². The summed E-state index contributed by atoms with van der Waals surface area (Å²) < 4.78 is 81.9. The molecule has 3 fully saturated rings. The van der Waals surface area contributed by atoms with Gasteiger partial charge in [-0.2, -0.15) is 8.78 Å². The van der Waals surface area contributed by atoms with Gasteiger partial charge in [0.1, 0.15) is 5.75 Å². The normalized spacial score (nSPS) is 31.4. The molecule has 1 aromatic carbocycles. The number of hydrogen-bond acceptors (Lipinski definition) is 3. The van der Waals surface area contributed by atoms with E-state index in [0.717, 1.165) is 18.8 Å². The van der Waals surface area contributed by atoms with Crippen molar-refractivity contribution in [2.24, 2.45) is 23.7 Å². The van der Waals surface area contributed by atoms with Crippen molar-refractivity contribution in [3.05, 3.63) is 42.0 Å². The zero-order chi connectivity index (χ0) is 27.2. The second-order valence-corrected chi connectivity index (χ2v) is 11.4. The Bertz CT molecular complexity index is 861. The van der Waals surface area contributed by atoms with Crippen LogP contribution in [0.5, 0.6) is 5.75 Å². The minimum absolute atomic E-state index is 0.0274. The lowest BCUT2D eigenvalue weighted by Gasteiger charge is -2.36. The van der Waals surface area contributed by atoms with Crippen LogP contribution in [0, 0.1) is 23.7 Å². The molecule has 214 valence electrons. The zero-order valence-electron chi connectivity index (χ0n) is 22.2. The highest BCUT2D eigenvalue weighted by atomic mass is 19.4. The molecule has 4 rings (SSSR count). The highest BCUT2D eigenvalue weighted by Gasteiger charge is 2.45. The van der Waals surface area contributed by atoms with Crippen LogP contribution in [-0.2, 0) is 9.47 Å². The molecule has 2 aliphatic carbocycles. The van der Waals surface area contributed by atoms with Crippen molar-refractivity contribution in [2.75, 3.05) is 6.61 Å². The Morgan fingerprint density at radius 1 is 0.816 bits per heavy atom. The van der Waals surface area contributed by atoms with Gasteiger partial charge in [0.25, 0.3) is 0 Å². The Morgan fingerprint density at radius 2 is 1.42 bits per heavy atom. The first-order valence-electron chi connectivity index (χ1n) is 14.3. The average Bonchev–Trinajstić information content (AvgIpc) is 2.89. The van der Waals surface area contributed by atoms with Crippen molar-refractivity contribution in [1.82, 2.24) is 0 Å². The molecule has 2 saturated carbocycles. The van der Waals surface area contributed by atoms with Crippen LogP contribution in [0.4, 0.5) is 22.0 Å². The van der Waals surface area contributed by atoms with Crippen LogP contribution in [0.1, 0.15) is 95.6 Å². The van der Waals surface area contributed by atoms with Gasteiger partial charge >= 0.3 is 12.5 Å². The van der Waals surface area contributed by atoms with E-state index in [4.69, 9.17) is 9.47 Å². The molecule has 0 N–H and O–H groups in total. The largest absolute Gasteiger partial charge is 0.573 e. The topological polar surface area (TPSA) is 27.7 Å². The lowest BCUT2D eigenvalue weighted by Crippen LogP contribution is -2.40. The van der Waals surface area contributed by atoms with E-state index in [1.165, 1.54) is 62.8 Å². The van der Waals surface area contributed by atoms with Crippen LogP contribution in [0.2, 0.25) is 0 Å². The number of rotatable bonds is 9. The van der Waals surface area contributed by atoms with Gasteiger partial charge in [0.15, 0.2) is 0 Å². The molecule has 3 aliphatic rings. The third-order valence-electron chi connectivity index (χ3n) is 8.53. The fourth-order valence-corrected chi connectivity index (χ4v) is 6.33. The second-order valence-electron chi connectivity index (χ2n) is 11.4. The average molecular weight is 545 g/mol. The van der Waals surface area contributed by atoms with Crippen LogP contribution in [0.3, 0.4) is 0 Å². The molecule has 38 heavy (non-hydrogen) atoms. The molecule has 1 heterocycles. The molecule has 1 aliphatic heterocycles. The number of allylic oxidation sites excluding steroid dienone is 2. The molecule has 0 amide bonds. The summed E-state index contributed by atoms with van der Waals surface area (Å²) >= 11 is 0. The smallest absolute Gasteiger partial charge is 0.406 e. The van der Waals surface area contributed by atoms with E-state index in [0.29, 0.717) is 43.1 Å². The summed E-state index contributed by atoms with van der Waals surface area (Å²) in [4.78, 5) is 0. The van der Waals surface area contributed by atoms with Crippen LogP contribution < -0.4 is 4.74 Å². The van der Waals surface area contributed by atoms with E-state index in [-0.39, 0.29) is 18.5 Å². The van der Waals surface area contributed by atoms with Crippen molar-refractivity contribution >= 4 is 0 Å². The van der Waals surface area contributed by atoms with E-state index in [9.17, 15) is 22.0 Å². The van der Waals surface area contributed by atoms with E-state index in [2.05, 4.69) is 23.8 Å². The van der Waals surface area contributed by atoms with Gasteiger partial charge in [0.2, 0.25) is 0 Å². The monoisotopic (exact) mass is 544 g/mol. The molecule has 0 spiro atoms. The van der Waals surface area contributed by atoms with Crippen molar-refractivity contribution in [3.63, 3.8) is 0 Å². The Balaban J connectivity index is 1.17. The summed E-state index contributed by atoms with van der Waals surface area (Å²) in [5.74, 6) is 0.818.